The first kappa shape index (κ1) is 20.3. The molecule has 2 aromatic carbocycles. The van der Waals surface area contributed by atoms with Gasteiger partial charge < -0.3 is 10.2 Å². The Morgan fingerprint density at radius 2 is 1.46 bits per heavy atom. The van der Waals surface area contributed by atoms with E-state index >= 15 is 0 Å². The fraction of sp³-hybridized carbons (Fsp3) is 0.435. The monoisotopic (exact) mass is 354 g/mol. The van der Waals surface area contributed by atoms with Gasteiger partial charge in [0.2, 0.25) is 0 Å². The number of carbonyl (C=O) groups excluding carboxylic acids is 1. The Labute approximate surface area is 158 Å². The average molecular weight is 355 g/mol. The van der Waals surface area contributed by atoms with Gasteiger partial charge in [-0.1, -0.05) is 42.5 Å². The van der Waals surface area contributed by atoms with Crippen LogP contribution in [0.3, 0.4) is 0 Å². The molecule has 3 nitrogen and oxygen atoms in total. The van der Waals surface area contributed by atoms with Crippen LogP contribution >= 0.6 is 0 Å². The minimum atomic E-state index is 0.334. The predicted octanol–water partition coefficient (Wildman–Crippen LogP) is 3.21. The van der Waals surface area contributed by atoms with Crippen molar-refractivity contribution in [3.8, 4) is 0 Å². The molecule has 0 spiro atoms. The number of ketones is 1. The molecule has 2 rings (SSSR count). The number of quaternary nitrogens is 2. The number of carbonyl (C=O) groups is 1. The number of aryl methyl sites for hydroxylation is 2. The summed E-state index contributed by atoms with van der Waals surface area (Å²) >= 11 is 0. The lowest BCUT2D eigenvalue weighted by Gasteiger charge is -2.36. The molecule has 0 saturated heterocycles. The number of Topliss-reactive ketones (excluding diaryl/α,β-unsaturated/α-hetero) is 1. The van der Waals surface area contributed by atoms with E-state index < -0.39 is 0 Å². The van der Waals surface area contributed by atoms with Crippen molar-refractivity contribution in [2.24, 2.45) is 0 Å². The second-order valence-electron chi connectivity index (χ2n) is 7.44. The molecule has 3 heteroatoms. The van der Waals surface area contributed by atoms with E-state index in [0.717, 1.165) is 30.7 Å². The molecule has 0 heterocycles. The summed E-state index contributed by atoms with van der Waals surface area (Å²) in [5.41, 5.74) is 10.1. The summed E-state index contributed by atoms with van der Waals surface area (Å²) in [7, 11) is 0. The largest absolute Gasteiger partial charge is 0.354 e. The highest BCUT2D eigenvalue weighted by Gasteiger charge is 2.27. The van der Waals surface area contributed by atoms with Crippen molar-refractivity contribution in [2.75, 3.05) is 19.6 Å². The van der Waals surface area contributed by atoms with Gasteiger partial charge in [0.15, 0.2) is 5.78 Å². The third kappa shape index (κ3) is 5.03. The highest BCUT2D eigenvalue weighted by Crippen LogP contribution is 2.18. The minimum Gasteiger partial charge on any atom is -0.354 e. The topological polar surface area (TPSA) is 44.7 Å². The second kappa shape index (κ2) is 9.11. The third-order valence-corrected chi connectivity index (χ3v) is 5.70. The number of benzene rings is 2. The van der Waals surface area contributed by atoms with Gasteiger partial charge in [-0.05, 0) is 44.4 Å². The summed E-state index contributed by atoms with van der Waals surface area (Å²) in [6, 6.07) is 14.9. The average Bonchev–Trinajstić information content (AvgIpc) is 2.65. The molecular formula is C23H34N2O+2. The van der Waals surface area contributed by atoms with Gasteiger partial charge in [-0.15, -0.1) is 0 Å². The zero-order valence-electron chi connectivity index (χ0n) is 16.8. The molecule has 0 atom stereocenters. The van der Waals surface area contributed by atoms with Gasteiger partial charge in [0.1, 0.15) is 13.1 Å². The Kier molecular flexibility index (Phi) is 7.13. The highest BCUT2D eigenvalue weighted by molar-refractivity contribution is 5.82. The maximum atomic E-state index is 12.9. The molecule has 0 unspecified atom stereocenters. The van der Waals surface area contributed by atoms with Crippen LogP contribution in [-0.4, -0.2) is 29.9 Å². The van der Waals surface area contributed by atoms with Crippen molar-refractivity contribution in [3.63, 3.8) is 0 Å². The zero-order valence-corrected chi connectivity index (χ0v) is 16.8. The second-order valence-corrected chi connectivity index (χ2v) is 7.44. The maximum Gasteiger partial charge on any atom is 0.191 e. The van der Waals surface area contributed by atoms with E-state index in [9.17, 15) is 4.79 Å². The molecule has 3 N–H and O–H groups in total. The Balaban J connectivity index is 2.13. The molecular weight excluding hydrogens is 320 g/mol. The number of rotatable bonds is 9. The first-order valence-electron chi connectivity index (χ1n) is 9.72. The van der Waals surface area contributed by atoms with E-state index in [0.29, 0.717) is 18.7 Å². The van der Waals surface area contributed by atoms with Crippen LogP contribution in [0, 0.1) is 13.8 Å². The summed E-state index contributed by atoms with van der Waals surface area (Å²) in [5, 5.41) is 0. The molecule has 0 saturated carbocycles. The molecule has 2 aromatic rings. The van der Waals surface area contributed by atoms with Crippen molar-refractivity contribution in [3.05, 3.63) is 70.3 Å². The molecule has 0 aliphatic carbocycles. The Hall–Kier alpha value is -1.97. The Morgan fingerprint density at radius 1 is 0.923 bits per heavy atom. The van der Waals surface area contributed by atoms with Crippen molar-refractivity contribution in [2.45, 2.75) is 47.2 Å². The third-order valence-electron chi connectivity index (χ3n) is 5.70. The summed E-state index contributed by atoms with van der Waals surface area (Å²) in [5.74, 6) is 0.334. The van der Waals surface area contributed by atoms with Crippen molar-refractivity contribution >= 4 is 5.78 Å². The van der Waals surface area contributed by atoms with Gasteiger partial charge in [0, 0.05) is 17.5 Å². The van der Waals surface area contributed by atoms with E-state index in [2.05, 4.69) is 75.9 Å². The lowest BCUT2D eigenvalue weighted by molar-refractivity contribution is -0.930. The Bertz CT molecular complexity index is 710. The van der Waals surface area contributed by atoms with Crippen LogP contribution < -0.4 is 5.73 Å². The van der Waals surface area contributed by atoms with Crippen LogP contribution in [-0.2, 0) is 24.3 Å². The van der Waals surface area contributed by atoms with Crippen molar-refractivity contribution in [1.82, 2.24) is 0 Å². The van der Waals surface area contributed by atoms with Gasteiger partial charge in [0.05, 0.1) is 19.6 Å². The van der Waals surface area contributed by atoms with Crippen LogP contribution in [0.5, 0.6) is 0 Å². The van der Waals surface area contributed by atoms with Gasteiger partial charge in [-0.3, -0.25) is 4.79 Å². The SMILES string of the molecule is CC[N+](CC)(CC(=O)Cc1c(C)cccc1C)Cc1ccc(C[NH3+])cc1. The fourth-order valence-corrected chi connectivity index (χ4v) is 3.68. The molecule has 0 aliphatic rings. The molecule has 0 aromatic heterocycles. The lowest BCUT2D eigenvalue weighted by atomic mass is 9.97. The lowest BCUT2D eigenvalue weighted by Crippen LogP contribution is -2.50. The van der Waals surface area contributed by atoms with Crippen LogP contribution in [0.4, 0.5) is 0 Å². The summed E-state index contributed by atoms with van der Waals surface area (Å²) in [6.07, 6.45) is 0.541. The van der Waals surface area contributed by atoms with Crippen LogP contribution in [0.2, 0.25) is 0 Å². The van der Waals surface area contributed by atoms with E-state index in [1.165, 1.54) is 27.8 Å². The minimum absolute atomic E-state index is 0.334. The van der Waals surface area contributed by atoms with Crippen molar-refractivity contribution < 1.29 is 15.0 Å². The summed E-state index contributed by atoms with van der Waals surface area (Å²) < 4.78 is 0.813. The molecule has 0 aliphatic heterocycles. The standard InChI is InChI=1S/C23H33N2O/c1-5-25(6-2,16-21-12-10-20(15-24)11-13-21)17-22(26)14-23-18(3)8-7-9-19(23)4/h7-13H,5-6,14-17,24H2,1-4H3/q+1/p+1. The van der Waals surface area contributed by atoms with Crippen LogP contribution in [0.25, 0.3) is 0 Å². The quantitative estimate of drug-likeness (QED) is 0.691. The zero-order chi connectivity index (χ0) is 19.2. The molecule has 0 amide bonds. The van der Waals surface area contributed by atoms with E-state index in [1.807, 2.05) is 0 Å². The highest BCUT2D eigenvalue weighted by atomic mass is 16.1. The van der Waals surface area contributed by atoms with E-state index in [-0.39, 0.29) is 0 Å². The molecule has 0 bridgehead atoms. The molecule has 140 valence electrons. The molecule has 26 heavy (non-hydrogen) atoms. The predicted molar refractivity (Wildman–Crippen MR) is 108 cm³/mol. The van der Waals surface area contributed by atoms with Gasteiger partial charge in [-0.25, -0.2) is 0 Å². The normalized spacial score (nSPS) is 11.6. The number of nitrogens with zero attached hydrogens (tertiary/aromatic N) is 1. The summed E-state index contributed by atoms with van der Waals surface area (Å²) in [4.78, 5) is 12.9. The number of likely N-dealkylation sites (N-methyl/N-ethyl adjacent to an activating group) is 1. The van der Waals surface area contributed by atoms with Crippen molar-refractivity contribution in [1.29, 1.82) is 0 Å². The number of hydrogen-bond donors (Lipinski definition) is 1. The van der Waals surface area contributed by atoms with E-state index in [1.54, 1.807) is 0 Å². The molecule has 0 radical (unpaired) electrons. The fourth-order valence-electron chi connectivity index (χ4n) is 3.68. The first-order chi connectivity index (χ1) is 12.4. The Morgan fingerprint density at radius 3 is 1.96 bits per heavy atom. The smallest absolute Gasteiger partial charge is 0.191 e. The van der Waals surface area contributed by atoms with E-state index in [4.69, 9.17) is 0 Å². The summed E-state index contributed by atoms with van der Waals surface area (Å²) in [6.45, 7) is 12.8. The number of hydrogen-bond acceptors (Lipinski definition) is 1. The molecule has 0 fully saturated rings. The maximum absolute atomic E-state index is 12.9. The van der Waals surface area contributed by atoms with Gasteiger partial charge in [0.25, 0.3) is 0 Å². The van der Waals surface area contributed by atoms with Crippen LogP contribution in [0.1, 0.15) is 41.7 Å². The van der Waals surface area contributed by atoms with Gasteiger partial charge >= 0.3 is 0 Å². The van der Waals surface area contributed by atoms with Gasteiger partial charge in [-0.2, -0.15) is 0 Å². The first-order valence-corrected chi connectivity index (χ1v) is 9.72. The van der Waals surface area contributed by atoms with Crippen LogP contribution in [0.15, 0.2) is 42.5 Å².